The Morgan fingerprint density at radius 3 is 3.22 bits per heavy atom. The lowest BCUT2D eigenvalue weighted by Crippen LogP contribution is -2.60. The summed E-state index contributed by atoms with van der Waals surface area (Å²) in [4.78, 5) is 12.7. The lowest BCUT2D eigenvalue weighted by Gasteiger charge is -2.55. The maximum absolute atomic E-state index is 12.7. The van der Waals surface area contributed by atoms with Crippen LogP contribution in [0.4, 0.5) is 0 Å². The minimum atomic E-state index is -0.0847. The molecule has 1 aliphatic heterocycles. The highest BCUT2D eigenvalue weighted by molar-refractivity contribution is 5.90. The number of carbonyl (C=O) groups excluding carboxylic acids is 1. The fraction of sp³-hybridized carbons (Fsp3) is 0.688. The van der Waals surface area contributed by atoms with E-state index in [-0.39, 0.29) is 5.41 Å². The number of rotatable bonds is 0. The van der Waals surface area contributed by atoms with Crippen molar-refractivity contribution >= 4 is 5.78 Å². The zero-order chi connectivity index (χ0) is 12.2. The van der Waals surface area contributed by atoms with Crippen LogP contribution in [0.2, 0.25) is 0 Å². The van der Waals surface area contributed by atoms with Gasteiger partial charge in [-0.05, 0) is 56.6 Å². The van der Waals surface area contributed by atoms with Crippen molar-refractivity contribution in [3.8, 4) is 0 Å². The van der Waals surface area contributed by atoms with Crippen molar-refractivity contribution in [3.63, 3.8) is 0 Å². The Hall–Kier alpha value is -0.890. The lowest BCUT2D eigenvalue weighted by molar-refractivity contribution is -0.136. The van der Waals surface area contributed by atoms with Gasteiger partial charge in [0.05, 0.1) is 5.41 Å². The molecule has 2 bridgehead atoms. The van der Waals surface area contributed by atoms with E-state index in [2.05, 4.69) is 17.5 Å². The monoisotopic (exact) mass is 243 g/mol. The molecule has 18 heavy (non-hydrogen) atoms. The summed E-state index contributed by atoms with van der Waals surface area (Å²) in [7, 11) is 0. The third-order valence-electron chi connectivity index (χ3n) is 5.69. The normalized spacial score (nSPS) is 42.6. The van der Waals surface area contributed by atoms with Gasteiger partial charge in [-0.15, -0.1) is 0 Å². The SMILES string of the molecule is O=C1CCC[C@H]2[C@H]3CC4=C(C=CCC4)[C@@]12CCN3. The van der Waals surface area contributed by atoms with Crippen LogP contribution < -0.4 is 5.32 Å². The molecule has 0 spiro atoms. The van der Waals surface area contributed by atoms with Gasteiger partial charge in [0.15, 0.2) is 0 Å². The molecular formula is C16H21NO. The Labute approximate surface area is 109 Å². The fourth-order valence-corrected chi connectivity index (χ4v) is 4.98. The molecular weight excluding hydrogens is 222 g/mol. The van der Waals surface area contributed by atoms with Crippen LogP contribution in [0.5, 0.6) is 0 Å². The van der Waals surface area contributed by atoms with Gasteiger partial charge in [-0.2, -0.15) is 0 Å². The van der Waals surface area contributed by atoms with Crippen LogP contribution in [0, 0.1) is 11.3 Å². The largest absolute Gasteiger partial charge is 0.313 e. The van der Waals surface area contributed by atoms with Crippen molar-refractivity contribution in [2.75, 3.05) is 6.54 Å². The predicted octanol–water partition coefficient (Wildman–Crippen LogP) is 2.75. The summed E-state index contributed by atoms with van der Waals surface area (Å²) >= 11 is 0. The smallest absolute Gasteiger partial charge is 0.143 e. The highest BCUT2D eigenvalue weighted by Crippen LogP contribution is 2.56. The van der Waals surface area contributed by atoms with Gasteiger partial charge in [-0.3, -0.25) is 4.79 Å². The van der Waals surface area contributed by atoms with Gasteiger partial charge in [0.2, 0.25) is 0 Å². The average molecular weight is 243 g/mol. The zero-order valence-electron chi connectivity index (χ0n) is 10.9. The molecule has 96 valence electrons. The number of ketones is 1. The minimum Gasteiger partial charge on any atom is -0.313 e. The van der Waals surface area contributed by atoms with E-state index in [4.69, 9.17) is 0 Å². The molecule has 1 saturated carbocycles. The molecule has 4 aliphatic rings. The number of piperidine rings is 1. The van der Waals surface area contributed by atoms with Crippen LogP contribution in [0.1, 0.15) is 44.9 Å². The van der Waals surface area contributed by atoms with E-state index < -0.39 is 0 Å². The van der Waals surface area contributed by atoms with Gasteiger partial charge < -0.3 is 5.32 Å². The molecule has 0 radical (unpaired) electrons. The molecule has 4 rings (SSSR count). The highest BCUT2D eigenvalue weighted by Gasteiger charge is 2.56. The van der Waals surface area contributed by atoms with Crippen LogP contribution in [-0.2, 0) is 4.79 Å². The number of carbonyl (C=O) groups is 1. The number of hydrogen-bond donors (Lipinski definition) is 1. The molecule has 1 saturated heterocycles. The molecule has 0 aromatic heterocycles. The third-order valence-corrected chi connectivity index (χ3v) is 5.69. The van der Waals surface area contributed by atoms with E-state index in [1.165, 1.54) is 31.3 Å². The first-order valence-corrected chi connectivity index (χ1v) is 7.48. The van der Waals surface area contributed by atoms with Gasteiger partial charge in [-0.25, -0.2) is 0 Å². The van der Waals surface area contributed by atoms with Crippen molar-refractivity contribution in [3.05, 3.63) is 23.3 Å². The molecule has 0 unspecified atom stereocenters. The molecule has 2 nitrogen and oxygen atoms in total. The predicted molar refractivity (Wildman–Crippen MR) is 71.2 cm³/mol. The minimum absolute atomic E-state index is 0.0847. The second-order valence-corrected chi connectivity index (χ2v) is 6.37. The summed E-state index contributed by atoms with van der Waals surface area (Å²) in [6.07, 6.45) is 12.3. The summed E-state index contributed by atoms with van der Waals surface area (Å²) in [6.45, 7) is 1.03. The van der Waals surface area contributed by atoms with Crippen molar-refractivity contribution in [1.29, 1.82) is 0 Å². The Balaban J connectivity index is 1.91. The van der Waals surface area contributed by atoms with Crippen LogP contribution in [0.3, 0.4) is 0 Å². The molecule has 1 N–H and O–H groups in total. The third kappa shape index (κ3) is 1.25. The van der Waals surface area contributed by atoms with Crippen LogP contribution in [0.15, 0.2) is 23.3 Å². The van der Waals surface area contributed by atoms with E-state index >= 15 is 0 Å². The number of allylic oxidation sites excluding steroid dienone is 3. The van der Waals surface area contributed by atoms with Gasteiger partial charge >= 0.3 is 0 Å². The van der Waals surface area contributed by atoms with Crippen molar-refractivity contribution in [2.24, 2.45) is 11.3 Å². The summed E-state index contributed by atoms with van der Waals surface area (Å²) in [5.74, 6) is 1.12. The van der Waals surface area contributed by atoms with E-state index in [1.54, 1.807) is 5.57 Å². The summed E-state index contributed by atoms with van der Waals surface area (Å²) in [6, 6.07) is 0.577. The Morgan fingerprint density at radius 1 is 1.33 bits per heavy atom. The number of nitrogens with one attached hydrogen (secondary N) is 1. The van der Waals surface area contributed by atoms with Gasteiger partial charge in [0, 0.05) is 12.5 Å². The maximum Gasteiger partial charge on any atom is 0.143 e. The maximum atomic E-state index is 12.7. The summed E-state index contributed by atoms with van der Waals surface area (Å²) in [5.41, 5.74) is 2.95. The number of hydrogen-bond acceptors (Lipinski definition) is 2. The molecule has 3 aliphatic carbocycles. The Kier molecular flexibility index (Phi) is 2.32. The second-order valence-electron chi connectivity index (χ2n) is 6.37. The zero-order valence-corrected chi connectivity index (χ0v) is 10.9. The second kappa shape index (κ2) is 3.80. The highest BCUT2D eigenvalue weighted by atomic mass is 16.1. The summed E-state index contributed by atoms with van der Waals surface area (Å²) < 4.78 is 0. The molecule has 0 amide bonds. The van der Waals surface area contributed by atoms with E-state index in [0.717, 1.165) is 25.8 Å². The van der Waals surface area contributed by atoms with Crippen molar-refractivity contribution < 1.29 is 4.79 Å². The van der Waals surface area contributed by atoms with Crippen molar-refractivity contribution in [1.82, 2.24) is 5.32 Å². The molecule has 0 aromatic carbocycles. The van der Waals surface area contributed by atoms with E-state index in [0.29, 0.717) is 17.7 Å². The molecule has 2 fully saturated rings. The Bertz CT molecular complexity index is 462. The Morgan fingerprint density at radius 2 is 2.28 bits per heavy atom. The van der Waals surface area contributed by atoms with Gasteiger partial charge in [0.25, 0.3) is 0 Å². The molecule has 0 aromatic rings. The van der Waals surface area contributed by atoms with Crippen LogP contribution in [-0.4, -0.2) is 18.4 Å². The fourth-order valence-electron chi connectivity index (χ4n) is 4.98. The first-order chi connectivity index (χ1) is 8.82. The van der Waals surface area contributed by atoms with E-state index in [9.17, 15) is 4.79 Å². The van der Waals surface area contributed by atoms with Gasteiger partial charge in [-0.1, -0.05) is 17.7 Å². The molecule has 2 heteroatoms. The quantitative estimate of drug-likeness (QED) is 0.709. The van der Waals surface area contributed by atoms with Gasteiger partial charge in [0.1, 0.15) is 5.78 Å². The standard InChI is InChI=1S/C16H21NO/c18-15-7-3-6-13-14-10-11-4-1-2-5-12(11)16(13,15)8-9-17-14/h2,5,13-14,17H,1,3-4,6-10H2/t13-,14+,16+/m0/s1. The average Bonchev–Trinajstić information content (AvgIpc) is 2.39. The molecule has 3 atom stereocenters. The number of Topliss-reactive ketones (excluding diaryl/α,β-unsaturated/α-hetero) is 1. The van der Waals surface area contributed by atoms with E-state index in [1.807, 2.05) is 0 Å². The first-order valence-electron chi connectivity index (χ1n) is 7.48. The lowest BCUT2D eigenvalue weighted by atomic mass is 9.51. The summed E-state index contributed by atoms with van der Waals surface area (Å²) in [5, 5.41) is 3.69. The molecule has 1 heterocycles. The van der Waals surface area contributed by atoms with Crippen LogP contribution >= 0.6 is 0 Å². The first kappa shape index (κ1) is 11.0. The van der Waals surface area contributed by atoms with Crippen LogP contribution in [0.25, 0.3) is 0 Å². The topological polar surface area (TPSA) is 29.1 Å². The van der Waals surface area contributed by atoms with Crippen molar-refractivity contribution in [2.45, 2.75) is 51.0 Å².